The van der Waals surface area contributed by atoms with Gasteiger partial charge in [-0.2, -0.15) is 0 Å². The van der Waals surface area contributed by atoms with Gasteiger partial charge in [-0.3, -0.25) is 9.69 Å². The minimum Gasteiger partial charge on any atom is -0.492 e. The molecule has 0 radical (unpaired) electrons. The molecule has 3 aromatic carbocycles. The number of ketones is 1. The van der Waals surface area contributed by atoms with Gasteiger partial charge in [0.15, 0.2) is 18.4 Å². The molecule has 3 fully saturated rings. The summed E-state index contributed by atoms with van der Waals surface area (Å²) < 4.78 is 51.7. The monoisotopic (exact) mass is 645 g/mol. The Hall–Kier alpha value is -3.66. The van der Waals surface area contributed by atoms with Crippen LogP contribution >= 0.6 is 0 Å². The predicted octanol–water partition coefficient (Wildman–Crippen LogP) is 7.46. The number of fused-ring (bicyclic) bond motifs is 1. The highest BCUT2D eigenvalue weighted by Gasteiger charge is 2.41. The second-order valence-electron chi connectivity index (χ2n) is 13.2. The lowest BCUT2D eigenvalue weighted by Crippen LogP contribution is -2.31. The van der Waals surface area contributed by atoms with Gasteiger partial charge in [-0.05, 0) is 80.0 Å². The maximum atomic E-state index is 15.7. The zero-order valence-electron chi connectivity index (χ0n) is 27.0. The number of hydrogen-bond acceptors (Lipinski definition) is 8. The molecular formula is C38H44FNO7. The Kier molecular flexibility index (Phi) is 9.93. The third kappa shape index (κ3) is 7.58. The van der Waals surface area contributed by atoms with E-state index >= 15 is 4.39 Å². The van der Waals surface area contributed by atoms with Gasteiger partial charge in [0.05, 0.1) is 24.7 Å². The number of carbonyl (C=O) groups is 1. The van der Waals surface area contributed by atoms with Gasteiger partial charge in [0, 0.05) is 38.1 Å². The second kappa shape index (κ2) is 14.6. The molecule has 8 nitrogen and oxygen atoms in total. The molecule has 4 heterocycles. The van der Waals surface area contributed by atoms with Crippen molar-refractivity contribution in [2.24, 2.45) is 5.92 Å². The number of rotatable bonds is 10. The molecule has 0 bridgehead atoms. The van der Waals surface area contributed by atoms with Crippen LogP contribution in [0.2, 0.25) is 0 Å². The summed E-state index contributed by atoms with van der Waals surface area (Å²) in [5.41, 5.74) is 1.42. The van der Waals surface area contributed by atoms with Crippen molar-refractivity contribution in [3.8, 4) is 23.0 Å². The zero-order valence-corrected chi connectivity index (χ0v) is 27.0. The maximum Gasteiger partial charge on any atom is 0.199 e. The molecule has 4 aliphatic rings. The molecule has 0 saturated carbocycles. The fourth-order valence-electron chi connectivity index (χ4n) is 6.98. The van der Waals surface area contributed by atoms with E-state index in [1.807, 2.05) is 48.5 Å². The topological polar surface area (TPSA) is 75.7 Å². The van der Waals surface area contributed by atoms with Crippen LogP contribution in [0.5, 0.6) is 23.0 Å². The van der Waals surface area contributed by atoms with E-state index in [9.17, 15) is 4.79 Å². The van der Waals surface area contributed by atoms with Gasteiger partial charge in [-0.15, -0.1) is 0 Å². The molecule has 9 heteroatoms. The summed E-state index contributed by atoms with van der Waals surface area (Å²) in [5.74, 6) is 0.778. The maximum absolute atomic E-state index is 15.7. The van der Waals surface area contributed by atoms with E-state index in [0.29, 0.717) is 31.1 Å². The van der Waals surface area contributed by atoms with Crippen molar-refractivity contribution < 1.29 is 37.6 Å². The van der Waals surface area contributed by atoms with Crippen LogP contribution in [-0.2, 0) is 9.47 Å². The summed E-state index contributed by atoms with van der Waals surface area (Å²) in [5, 5.41) is 0. The lowest BCUT2D eigenvalue weighted by atomic mass is 9.81. The highest BCUT2D eigenvalue weighted by atomic mass is 19.1. The number of carbonyl (C=O) groups excluding carboxylic acids is 1. The Balaban J connectivity index is 1.13. The van der Waals surface area contributed by atoms with Gasteiger partial charge in [-0.25, -0.2) is 4.39 Å². The average molecular weight is 646 g/mol. The van der Waals surface area contributed by atoms with E-state index in [1.165, 1.54) is 12.5 Å². The summed E-state index contributed by atoms with van der Waals surface area (Å²) in [6.45, 7) is 7.29. The number of ether oxygens (including phenoxy) is 6. The summed E-state index contributed by atoms with van der Waals surface area (Å²) in [7, 11) is 0. The molecule has 4 aliphatic heterocycles. The Labute approximate surface area is 276 Å². The molecule has 5 atom stereocenters. The van der Waals surface area contributed by atoms with E-state index in [-0.39, 0.29) is 29.1 Å². The molecule has 47 heavy (non-hydrogen) atoms. The Morgan fingerprint density at radius 2 is 1.47 bits per heavy atom. The summed E-state index contributed by atoms with van der Waals surface area (Å²) in [4.78, 5) is 16.6. The smallest absolute Gasteiger partial charge is 0.199 e. The lowest BCUT2D eigenvalue weighted by molar-refractivity contribution is -0.106. The van der Waals surface area contributed by atoms with Crippen molar-refractivity contribution in [3.05, 3.63) is 83.2 Å². The van der Waals surface area contributed by atoms with Gasteiger partial charge < -0.3 is 28.4 Å². The summed E-state index contributed by atoms with van der Waals surface area (Å²) in [6, 6.07) is 17.9. The predicted molar refractivity (Wildman–Crippen MR) is 174 cm³/mol. The number of benzene rings is 3. The molecule has 7 rings (SSSR count). The zero-order chi connectivity index (χ0) is 32.2. The minimum absolute atomic E-state index is 0.0738. The normalized spacial score (nSPS) is 26.3. The number of hydrogen-bond donors (Lipinski definition) is 0. The number of likely N-dealkylation sites (tertiary alicyclic amines) is 1. The quantitative estimate of drug-likeness (QED) is 0.225. The first kappa shape index (κ1) is 31.9. The molecule has 3 saturated heterocycles. The van der Waals surface area contributed by atoms with Crippen LogP contribution < -0.4 is 18.9 Å². The summed E-state index contributed by atoms with van der Waals surface area (Å²) >= 11 is 0. The SMILES string of the molecule is C[C@@H]1CCN(CCOc2ccc(C3Oc4cc(OC5CCCCO5)cc(F)c4C(=O)C3c3ccc(OC4CCCCO4)cc3)cc2)C1. The van der Waals surface area contributed by atoms with Gasteiger partial charge >= 0.3 is 0 Å². The van der Waals surface area contributed by atoms with Crippen LogP contribution in [0, 0.1) is 11.7 Å². The number of nitrogens with zero attached hydrogens (tertiary/aromatic N) is 1. The van der Waals surface area contributed by atoms with Crippen molar-refractivity contribution >= 4 is 5.78 Å². The van der Waals surface area contributed by atoms with Gasteiger partial charge in [-0.1, -0.05) is 31.2 Å². The van der Waals surface area contributed by atoms with Crippen molar-refractivity contribution in [1.29, 1.82) is 0 Å². The standard InChI is InChI=1S/C38H44FNO7/c1-25-16-17-40(24-25)18-21-42-28-12-10-27(11-13-28)38-35(26-8-14-29(15-9-26)45-33-6-2-4-19-43-33)37(41)36-31(39)22-30(23-32(36)47-38)46-34-7-3-5-20-44-34/h8-15,22-23,25,33-35,38H,2-7,16-21,24H2,1H3/t25-,33?,34?,35?,38?/m1/s1. The van der Waals surface area contributed by atoms with Gasteiger partial charge in [0.2, 0.25) is 0 Å². The molecule has 0 amide bonds. The van der Waals surface area contributed by atoms with Crippen molar-refractivity contribution in [3.63, 3.8) is 0 Å². The van der Waals surface area contributed by atoms with Crippen LogP contribution in [-0.4, -0.2) is 62.7 Å². The Morgan fingerprint density at radius 1 is 0.809 bits per heavy atom. The van der Waals surface area contributed by atoms with Gasteiger partial charge in [0.1, 0.15) is 41.5 Å². The first-order valence-corrected chi connectivity index (χ1v) is 17.2. The molecule has 0 aromatic heterocycles. The largest absolute Gasteiger partial charge is 0.492 e. The summed E-state index contributed by atoms with van der Waals surface area (Å²) in [6.07, 6.45) is 5.41. The fourth-order valence-corrected chi connectivity index (χ4v) is 6.98. The molecule has 0 aliphatic carbocycles. The van der Waals surface area contributed by atoms with E-state index in [2.05, 4.69) is 11.8 Å². The molecule has 250 valence electrons. The van der Waals surface area contributed by atoms with Crippen molar-refractivity contribution in [2.45, 2.75) is 76.5 Å². The number of halogens is 1. The van der Waals surface area contributed by atoms with Crippen LogP contribution in [0.25, 0.3) is 0 Å². The van der Waals surface area contributed by atoms with E-state index in [1.54, 1.807) is 6.07 Å². The average Bonchev–Trinajstić information content (AvgIpc) is 3.51. The first-order chi connectivity index (χ1) is 23.0. The van der Waals surface area contributed by atoms with Crippen molar-refractivity contribution in [1.82, 2.24) is 4.90 Å². The highest BCUT2D eigenvalue weighted by Crippen LogP contribution is 2.46. The Bertz CT molecular complexity index is 1500. The van der Waals surface area contributed by atoms with E-state index in [4.69, 9.17) is 28.4 Å². The van der Waals surface area contributed by atoms with Gasteiger partial charge in [0.25, 0.3) is 0 Å². The van der Waals surface area contributed by atoms with E-state index in [0.717, 1.165) is 75.4 Å². The molecule has 3 aromatic rings. The minimum atomic E-state index is -0.783. The van der Waals surface area contributed by atoms with Crippen molar-refractivity contribution in [2.75, 3.05) is 39.5 Å². The first-order valence-electron chi connectivity index (χ1n) is 17.2. The number of Topliss-reactive ketones (excluding diaryl/α,β-unsaturated/α-hetero) is 1. The van der Waals surface area contributed by atoms with E-state index < -0.39 is 24.1 Å². The second-order valence-corrected chi connectivity index (χ2v) is 13.2. The molecular weight excluding hydrogens is 601 g/mol. The molecule has 0 N–H and O–H groups in total. The lowest BCUT2D eigenvalue weighted by Gasteiger charge is -2.34. The third-order valence-corrected chi connectivity index (χ3v) is 9.56. The Morgan fingerprint density at radius 3 is 2.11 bits per heavy atom. The third-order valence-electron chi connectivity index (χ3n) is 9.56. The van der Waals surface area contributed by atoms with Crippen LogP contribution in [0.15, 0.2) is 60.7 Å². The fraction of sp³-hybridized carbons (Fsp3) is 0.500. The highest BCUT2D eigenvalue weighted by molar-refractivity contribution is 6.05. The van der Waals surface area contributed by atoms with Crippen LogP contribution in [0.1, 0.15) is 85.4 Å². The molecule has 4 unspecified atom stereocenters. The van der Waals surface area contributed by atoms with Crippen LogP contribution in [0.3, 0.4) is 0 Å². The van der Waals surface area contributed by atoms with Crippen LogP contribution in [0.4, 0.5) is 4.39 Å². The molecule has 0 spiro atoms.